The van der Waals surface area contributed by atoms with Crippen LogP contribution in [0.1, 0.15) is 31.4 Å². The van der Waals surface area contributed by atoms with Gasteiger partial charge < -0.3 is 4.57 Å². The smallest absolute Gasteiger partial charge is 0.317 e. The second kappa shape index (κ2) is 7.15. The fraction of sp³-hybridized carbons (Fsp3) is 0.250. The van der Waals surface area contributed by atoms with E-state index in [1.165, 1.54) is 4.90 Å². The van der Waals surface area contributed by atoms with Gasteiger partial charge in [-0.05, 0) is 55.3 Å². The highest BCUT2D eigenvalue weighted by atomic mass is 79.9. The van der Waals surface area contributed by atoms with Gasteiger partial charge in [-0.25, -0.2) is 4.79 Å². The Morgan fingerprint density at radius 2 is 1.74 bits per heavy atom. The Balaban J connectivity index is 1.70. The Morgan fingerprint density at radius 3 is 2.44 bits per heavy atom. The summed E-state index contributed by atoms with van der Waals surface area (Å²) in [7, 11) is 0. The highest BCUT2D eigenvalue weighted by molar-refractivity contribution is 9.10. The number of imide groups is 2. The summed E-state index contributed by atoms with van der Waals surface area (Å²) in [6, 6.07) is 10.6. The summed E-state index contributed by atoms with van der Waals surface area (Å²) in [5.74, 6) is -1.16. The molecule has 2 heterocycles. The lowest BCUT2D eigenvalue weighted by Gasteiger charge is -2.31. The molecule has 4 amide bonds. The number of benzene rings is 1. The third-order valence-electron chi connectivity index (χ3n) is 5.00. The second-order valence-electron chi connectivity index (χ2n) is 6.71. The van der Waals surface area contributed by atoms with Crippen molar-refractivity contribution in [3.05, 3.63) is 58.3 Å². The maximum atomic E-state index is 12.9. The van der Waals surface area contributed by atoms with Crippen LogP contribution >= 0.6 is 15.9 Å². The van der Waals surface area contributed by atoms with E-state index in [0.29, 0.717) is 5.69 Å². The molecule has 2 aromatic rings. The Kier molecular flexibility index (Phi) is 4.70. The maximum Gasteiger partial charge on any atom is 0.331 e. The number of nitrogens with zero attached hydrogens (tertiary/aromatic N) is 2. The van der Waals surface area contributed by atoms with E-state index in [4.69, 9.17) is 0 Å². The lowest BCUT2D eigenvalue weighted by Crippen LogP contribution is -2.57. The van der Waals surface area contributed by atoms with Gasteiger partial charge in [0.05, 0.1) is 0 Å². The van der Waals surface area contributed by atoms with Gasteiger partial charge in [0.1, 0.15) is 5.57 Å². The van der Waals surface area contributed by atoms with Gasteiger partial charge in [0.2, 0.25) is 0 Å². The van der Waals surface area contributed by atoms with Crippen LogP contribution in [0, 0.1) is 0 Å². The van der Waals surface area contributed by atoms with Crippen molar-refractivity contribution in [2.45, 2.75) is 31.7 Å². The van der Waals surface area contributed by atoms with Crippen molar-refractivity contribution in [1.82, 2.24) is 14.8 Å². The average Bonchev–Trinajstić information content (AvgIpc) is 3.31. The summed E-state index contributed by atoms with van der Waals surface area (Å²) >= 11 is 3.41. The Morgan fingerprint density at radius 1 is 1.04 bits per heavy atom. The average molecular weight is 428 g/mol. The minimum absolute atomic E-state index is 0.0152. The standard InChI is InChI=1S/C20H18BrN3O3/c21-13-7-9-14(10-8-13)23-11-3-6-16(23)12-17-18(25)22-20(27)24(19(17)26)15-4-1-2-5-15/h3,6-12,15H,1-2,4-5H2,(H,22,25,27)/b17-12+. The summed E-state index contributed by atoms with van der Waals surface area (Å²) in [4.78, 5) is 38.7. The van der Waals surface area contributed by atoms with Crippen LogP contribution in [0.5, 0.6) is 0 Å². The van der Waals surface area contributed by atoms with Crippen LogP contribution in [0.25, 0.3) is 11.8 Å². The first-order valence-electron chi connectivity index (χ1n) is 8.88. The molecule has 0 atom stereocenters. The maximum absolute atomic E-state index is 12.9. The van der Waals surface area contributed by atoms with Crippen molar-refractivity contribution < 1.29 is 14.4 Å². The SMILES string of the molecule is O=C1NC(=O)N(C2CCCC2)C(=O)/C1=C/c1cccn1-c1ccc(Br)cc1. The number of carbonyl (C=O) groups excluding carboxylic acids is 3. The third-order valence-corrected chi connectivity index (χ3v) is 5.53. The molecule has 1 aliphatic heterocycles. The zero-order valence-corrected chi connectivity index (χ0v) is 16.1. The summed E-state index contributed by atoms with van der Waals surface area (Å²) < 4.78 is 2.85. The van der Waals surface area contributed by atoms with Gasteiger partial charge in [0.15, 0.2) is 0 Å². The highest BCUT2D eigenvalue weighted by Crippen LogP contribution is 2.27. The quantitative estimate of drug-likeness (QED) is 0.600. The van der Waals surface area contributed by atoms with Crippen LogP contribution in [0.2, 0.25) is 0 Å². The number of urea groups is 1. The third kappa shape index (κ3) is 3.35. The summed E-state index contributed by atoms with van der Waals surface area (Å²) in [6.07, 6.45) is 6.96. The van der Waals surface area contributed by atoms with E-state index in [-0.39, 0.29) is 11.6 Å². The molecule has 0 radical (unpaired) electrons. The van der Waals surface area contributed by atoms with Crippen LogP contribution < -0.4 is 5.32 Å². The van der Waals surface area contributed by atoms with E-state index in [2.05, 4.69) is 21.2 Å². The molecule has 1 saturated carbocycles. The molecule has 4 rings (SSSR count). The molecule has 1 aromatic heterocycles. The molecule has 0 bridgehead atoms. The topological polar surface area (TPSA) is 71.4 Å². The summed E-state index contributed by atoms with van der Waals surface area (Å²) in [6.45, 7) is 0. The van der Waals surface area contributed by atoms with Crippen molar-refractivity contribution in [3.8, 4) is 5.69 Å². The number of carbonyl (C=O) groups is 3. The number of amides is 4. The first-order valence-corrected chi connectivity index (χ1v) is 9.68. The minimum Gasteiger partial charge on any atom is -0.317 e. The molecule has 27 heavy (non-hydrogen) atoms. The van der Waals surface area contributed by atoms with Crippen molar-refractivity contribution in [1.29, 1.82) is 0 Å². The molecule has 6 nitrogen and oxygen atoms in total. The Bertz CT molecular complexity index is 940. The Labute approximate surface area is 165 Å². The fourth-order valence-electron chi connectivity index (χ4n) is 3.66. The van der Waals surface area contributed by atoms with Crippen molar-refractivity contribution in [2.75, 3.05) is 0 Å². The molecular weight excluding hydrogens is 410 g/mol. The number of nitrogens with one attached hydrogen (secondary N) is 1. The predicted octanol–water partition coefficient (Wildman–Crippen LogP) is 3.64. The fourth-order valence-corrected chi connectivity index (χ4v) is 3.93. The predicted molar refractivity (Wildman–Crippen MR) is 104 cm³/mol. The van der Waals surface area contributed by atoms with Crippen LogP contribution in [0.4, 0.5) is 4.79 Å². The number of aromatic nitrogens is 1. The second-order valence-corrected chi connectivity index (χ2v) is 7.63. The van der Waals surface area contributed by atoms with Gasteiger partial charge >= 0.3 is 6.03 Å². The van der Waals surface area contributed by atoms with Gasteiger partial charge in [-0.1, -0.05) is 28.8 Å². The first kappa shape index (κ1) is 17.7. The van der Waals surface area contributed by atoms with Crippen molar-refractivity contribution >= 4 is 39.9 Å². The lowest BCUT2D eigenvalue weighted by molar-refractivity contribution is -0.131. The molecule has 1 N–H and O–H groups in total. The number of halogens is 1. The molecule has 2 aliphatic rings. The van der Waals surface area contributed by atoms with Crippen LogP contribution in [0.3, 0.4) is 0 Å². The van der Waals surface area contributed by atoms with Crippen molar-refractivity contribution in [2.24, 2.45) is 0 Å². The monoisotopic (exact) mass is 427 g/mol. The number of barbiturate groups is 1. The number of hydrogen-bond acceptors (Lipinski definition) is 3. The van der Waals surface area contributed by atoms with Gasteiger partial charge in [-0.2, -0.15) is 0 Å². The van der Waals surface area contributed by atoms with Gasteiger partial charge in [0.25, 0.3) is 11.8 Å². The number of hydrogen-bond donors (Lipinski definition) is 1. The van der Waals surface area contributed by atoms with Crippen LogP contribution in [-0.2, 0) is 9.59 Å². The van der Waals surface area contributed by atoms with Crippen molar-refractivity contribution in [3.63, 3.8) is 0 Å². The summed E-state index contributed by atoms with van der Waals surface area (Å²) in [5.41, 5.74) is 1.58. The van der Waals surface area contributed by atoms with Crippen LogP contribution in [0.15, 0.2) is 52.6 Å². The van der Waals surface area contributed by atoms with E-state index in [0.717, 1.165) is 35.8 Å². The zero-order valence-electron chi connectivity index (χ0n) is 14.5. The molecular formula is C20H18BrN3O3. The molecule has 1 saturated heterocycles. The highest BCUT2D eigenvalue weighted by Gasteiger charge is 2.40. The van der Waals surface area contributed by atoms with E-state index in [9.17, 15) is 14.4 Å². The van der Waals surface area contributed by atoms with E-state index in [1.54, 1.807) is 6.08 Å². The number of rotatable bonds is 3. The van der Waals surface area contributed by atoms with E-state index >= 15 is 0 Å². The Hall–Kier alpha value is -2.67. The van der Waals surface area contributed by atoms with Gasteiger partial charge in [0, 0.05) is 28.1 Å². The van der Waals surface area contributed by atoms with Crippen LogP contribution in [-0.4, -0.2) is 33.4 Å². The first-order chi connectivity index (χ1) is 13.0. The molecule has 2 fully saturated rings. The lowest BCUT2D eigenvalue weighted by atomic mass is 10.1. The normalized spacial score (nSPS) is 19.8. The molecule has 0 spiro atoms. The molecule has 1 aromatic carbocycles. The molecule has 0 unspecified atom stereocenters. The molecule has 1 aliphatic carbocycles. The van der Waals surface area contributed by atoms with E-state index in [1.807, 2.05) is 47.2 Å². The van der Waals surface area contributed by atoms with Gasteiger partial charge in [-0.3, -0.25) is 19.8 Å². The van der Waals surface area contributed by atoms with Gasteiger partial charge in [-0.15, -0.1) is 0 Å². The molecule has 7 heteroatoms. The zero-order chi connectivity index (χ0) is 19.0. The summed E-state index contributed by atoms with van der Waals surface area (Å²) in [5, 5.41) is 2.31. The van der Waals surface area contributed by atoms with E-state index < -0.39 is 17.8 Å². The minimum atomic E-state index is -0.650. The largest absolute Gasteiger partial charge is 0.331 e. The molecule has 138 valence electrons.